The van der Waals surface area contributed by atoms with Crippen molar-refractivity contribution in [2.75, 3.05) is 37.8 Å². The lowest BCUT2D eigenvalue weighted by molar-refractivity contribution is -0.119. The number of carbonyl (C=O) groups is 3. The van der Waals surface area contributed by atoms with E-state index in [2.05, 4.69) is 16.0 Å². The molecule has 0 saturated carbocycles. The van der Waals surface area contributed by atoms with E-state index in [1.165, 1.54) is 4.90 Å². The van der Waals surface area contributed by atoms with Crippen molar-refractivity contribution in [1.82, 2.24) is 15.1 Å². The van der Waals surface area contributed by atoms with Gasteiger partial charge >= 0.3 is 6.03 Å². The number of rotatable bonds is 6. The van der Waals surface area contributed by atoms with Crippen LogP contribution in [0, 0.1) is 0 Å². The van der Waals surface area contributed by atoms with Crippen LogP contribution < -0.4 is 21.4 Å². The van der Waals surface area contributed by atoms with Gasteiger partial charge in [0.1, 0.15) is 13.4 Å². The van der Waals surface area contributed by atoms with Crippen molar-refractivity contribution in [2.45, 2.75) is 30.8 Å². The number of hydrogen-bond acceptors (Lipinski definition) is 4. The van der Waals surface area contributed by atoms with Crippen LogP contribution in [-0.2, 0) is 16.8 Å². The number of hydrogen-bond donors (Lipinski definition) is 3. The van der Waals surface area contributed by atoms with E-state index in [0.717, 1.165) is 29.4 Å². The van der Waals surface area contributed by atoms with Crippen LogP contribution in [0.3, 0.4) is 0 Å². The Morgan fingerprint density at radius 1 is 1.10 bits per heavy atom. The van der Waals surface area contributed by atoms with Crippen LogP contribution in [0.2, 0.25) is 10.0 Å². The van der Waals surface area contributed by atoms with Gasteiger partial charge in [0.05, 0.1) is 5.56 Å². The fourth-order valence-electron chi connectivity index (χ4n) is 5.57. The first-order chi connectivity index (χ1) is 19.6. The van der Waals surface area contributed by atoms with E-state index in [1.54, 1.807) is 43.3 Å². The molecule has 0 radical (unpaired) electrons. The molecule has 2 heterocycles. The van der Waals surface area contributed by atoms with Crippen molar-refractivity contribution in [2.24, 2.45) is 0 Å². The molecule has 1 fully saturated rings. The number of fused-ring (bicyclic) bond motifs is 1. The molecule has 3 N–H and O–H groups in total. The Morgan fingerprint density at radius 3 is 2.63 bits per heavy atom. The molecule has 0 aliphatic carbocycles. The van der Waals surface area contributed by atoms with Gasteiger partial charge in [-0.1, -0.05) is 52.9 Å². The van der Waals surface area contributed by atoms with E-state index in [9.17, 15) is 14.4 Å². The van der Waals surface area contributed by atoms with Crippen LogP contribution in [-0.4, -0.2) is 68.7 Å². The molecule has 5 rings (SSSR count). The molecular formula is C30H32BCl2N5O3. The molecule has 3 aromatic carbocycles. The number of likely N-dealkylation sites (tertiary alicyclic amines) is 1. The Bertz CT molecular complexity index is 1520. The summed E-state index contributed by atoms with van der Waals surface area (Å²) in [5.74, 6) is -0.414. The molecule has 11 heteroatoms. The van der Waals surface area contributed by atoms with Crippen molar-refractivity contribution in [3.05, 3.63) is 87.4 Å². The van der Waals surface area contributed by atoms with E-state index in [1.807, 2.05) is 44.2 Å². The van der Waals surface area contributed by atoms with Gasteiger partial charge in [-0.3, -0.25) is 9.59 Å². The van der Waals surface area contributed by atoms with Crippen molar-refractivity contribution in [3.8, 4) is 0 Å². The van der Waals surface area contributed by atoms with E-state index in [-0.39, 0.29) is 30.3 Å². The molecule has 0 aromatic heterocycles. The molecule has 212 valence electrons. The zero-order chi connectivity index (χ0) is 29.3. The zero-order valence-electron chi connectivity index (χ0n) is 23.3. The molecule has 3 aromatic rings. The Hall–Kier alpha value is -3.69. The highest BCUT2D eigenvalue weighted by Crippen LogP contribution is 2.43. The summed E-state index contributed by atoms with van der Waals surface area (Å²) in [4.78, 5) is 43.3. The normalized spacial score (nSPS) is 19.8. The molecular weight excluding hydrogens is 560 g/mol. The lowest BCUT2D eigenvalue weighted by atomic mass is 9.83. The van der Waals surface area contributed by atoms with Crippen molar-refractivity contribution in [1.29, 1.82) is 0 Å². The maximum Gasteiger partial charge on any atom is 0.317 e. The third kappa shape index (κ3) is 6.02. The van der Waals surface area contributed by atoms with E-state index >= 15 is 0 Å². The summed E-state index contributed by atoms with van der Waals surface area (Å²) in [6.07, 6.45) is 1.86. The van der Waals surface area contributed by atoms with Crippen LogP contribution in [0.4, 0.5) is 16.2 Å². The van der Waals surface area contributed by atoms with Crippen molar-refractivity contribution in [3.63, 3.8) is 0 Å². The summed E-state index contributed by atoms with van der Waals surface area (Å²) in [6, 6.07) is 18.0. The molecule has 2 aliphatic rings. The van der Waals surface area contributed by atoms with Crippen LogP contribution in [0.15, 0.2) is 60.7 Å². The largest absolute Gasteiger partial charge is 0.367 e. The van der Waals surface area contributed by atoms with Crippen LogP contribution in [0.1, 0.15) is 34.3 Å². The van der Waals surface area contributed by atoms with E-state index in [0.29, 0.717) is 40.1 Å². The minimum atomic E-state index is -1.22. The molecule has 0 bridgehead atoms. The van der Waals surface area contributed by atoms with Gasteiger partial charge in [-0.25, -0.2) is 4.79 Å². The number of piperidine rings is 1. The second-order valence-electron chi connectivity index (χ2n) is 11.0. The standard InChI is InChI=1S/C30H32BCl2N5O3/c1-37(2)29(41)34-22-7-4-12-38(17-22)27(39)23-10-8-19(31)14-25(23)36-30(16-18-5-3-6-20(32)13-18)24-11-9-21(33)15-26(24)35-28(30)40/h3,5-6,8-11,13-15,22,36H,4,7,12,16-17,31H2,1-2H3,(H,34,41)(H,35,40)/t22-,30?/m0/s1. The Balaban J connectivity index is 1.52. The van der Waals surface area contributed by atoms with Gasteiger partial charge in [-0.2, -0.15) is 0 Å². The van der Waals surface area contributed by atoms with Crippen LogP contribution in [0.5, 0.6) is 0 Å². The van der Waals surface area contributed by atoms with Gasteiger partial charge in [0, 0.05) is 66.6 Å². The fourth-order valence-corrected chi connectivity index (χ4v) is 5.96. The second kappa shape index (κ2) is 11.7. The number of halogens is 2. The number of nitrogens with one attached hydrogen (secondary N) is 3. The quantitative estimate of drug-likeness (QED) is 0.382. The fraction of sp³-hybridized carbons (Fsp3) is 0.300. The molecule has 8 nitrogen and oxygen atoms in total. The van der Waals surface area contributed by atoms with Gasteiger partial charge in [0.2, 0.25) is 0 Å². The van der Waals surface area contributed by atoms with Crippen LogP contribution in [0.25, 0.3) is 0 Å². The van der Waals surface area contributed by atoms with Gasteiger partial charge in [-0.05, 0) is 54.8 Å². The average molecular weight is 592 g/mol. The Morgan fingerprint density at radius 2 is 1.88 bits per heavy atom. The first kappa shape index (κ1) is 28.8. The molecule has 0 spiro atoms. The van der Waals surface area contributed by atoms with Gasteiger partial charge in [0.15, 0.2) is 0 Å². The number of carbonyl (C=O) groups excluding carboxylic acids is 3. The predicted molar refractivity (Wildman–Crippen MR) is 166 cm³/mol. The highest BCUT2D eigenvalue weighted by atomic mass is 35.5. The monoisotopic (exact) mass is 591 g/mol. The summed E-state index contributed by atoms with van der Waals surface area (Å²) >= 11 is 12.6. The summed E-state index contributed by atoms with van der Waals surface area (Å²) in [5, 5.41) is 10.6. The molecule has 41 heavy (non-hydrogen) atoms. The smallest absolute Gasteiger partial charge is 0.317 e. The average Bonchev–Trinajstić information content (AvgIpc) is 3.18. The zero-order valence-corrected chi connectivity index (χ0v) is 24.8. The Labute approximate surface area is 250 Å². The van der Waals surface area contributed by atoms with E-state index in [4.69, 9.17) is 23.2 Å². The minimum Gasteiger partial charge on any atom is -0.367 e. The molecule has 1 saturated heterocycles. The maximum atomic E-state index is 14.0. The summed E-state index contributed by atoms with van der Waals surface area (Å²) in [5.41, 5.74) is 2.93. The number of amides is 4. The van der Waals surface area contributed by atoms with E-state index < -0.39 is 5.54 Å². The third-order valence-electron chi connectivity index (χ3n) is 7.63. The number of urea groups is 1. The van der Waals surface area contributed by atoms with Gasteiger partial charge in [-0.15, -0.1) is 0 Å². The SMILES string of the molecule is Bc1ccc(C(=O)N2CCC[C@H](NC(=O)N(C)C)C2)c(NC2(Cc3cccc(Cl)c3)C(=O)Nc3cc(Cl)ccc32)c1. The second-order valence-corrected chi connectivity index (χ2v) is 11.8. The minimum absolute atomic E-state index is 0.143. The van der Waals surface area contributed by atoms with Crippen molar-refractivity contribution < 1.29 is 14.4 Å². The molecule has 2 atom stereocenters. The Kier molecular flexibility index (Phi) is 8.20. The lowest BCUT2D eigenvalue weighted by Crippen LogP contribution is -2.51. The third-order valence-corrected chi connectivity index (χ3v) is 8.10. The number of nitrogens with zero attached hydrogens (tertiary/aromatic N) is 2. The first-order valence-electron chi connectivity index (χ1n) is 13.6. The summed E-state index contributed by atoms with van der Waals surface area (Å²) in [7, 11) is 5.32. The van der Waals surface area contributed by atoms with Crippen LogP contribution >= 0.6 is 23.2 Å². The molecule has 1 unspecified atom stereocenters. The summed E-state index contributed by atoms with van der Waals surface area (Å²) in [6.45, 7) is 0.983. The predicted octanol–water partition coefficient (Wildman–Crippen LogP) is 3.63. The number of anilines is 2. The summed E-state index contributed by atoms with van der Waals surface area (Å²) < 4.78 is 0. The first-order valence-corrected chi connectivity index (χ1v) is 14.3. The van der Waals surface area contributed by atoms with Gasteiger partial charge in [0.25, 0.3) is 11.8 Å². The molecule has 4 amide bonds. The van der Waals surface area contributed by atoms with Crippen molar-refractivity contribution >= 4 is 65.7 Å². The highest BCUT2D eigenvalue weighted by molar-refractivity contribution is 6.33. The maximum absolute atomic E-state index is 14.0. The lowest BCUT2D eigenvalue weighted by Gasteiger charge is -2.35. The topological polar surface area (TPSA) is 93.8 Å². The highest BCUT2D eigenvalue weighted by Gasteiger charge is 2.47. The van der Waals surface area contributed by atoms with Gasteiger partial charge < -0.3 is 25.8 Å². The molecule has 2 aliphatic heterocycles. The number of benzene rings is 3.